The molecule has 1 aliphatic rings. The molecule has 6 heteroatoms. The Morgan fingerprint density at radius 3 is 2.48 bits per heavy atom. The summed E-state index contributed by atoms with van der Waals surface area (Å²) in [6, 6.07) is 17.6. The molecule has 0 spiro atoms. The van der Waals surface area contributed by atoms with E-state index >= 15 is 0 Å². The van der Waals surface area contributed by atoms with Crippen LogP contribution in [-0.2, 0) is 0 Å². The lowest BCUT2D eigenvalue weighted by Crippen LogP contribution is -2.29. The summed E-state index contributed by atoms with van der Waals surface area (Å²) in [6.45, 7) is 4.22. The predicted molar refractivity (Wildman–Crippen MR) is 117 cm³/mol. The van der Waals surface area contributed by atoms with Gasteiger partial charge in [0, 0.05) is 36.2 Å². The van der Waals surface area contributed by atoms with Gasteiger partial charge in [0.25, 0.3) is 5.91 Å². The first-order valence-corrected chi connectivity index (χ1v) is 10.00. The first-order chi connectivity index (χ1) is 14.2. The minimum absolute atomic E-state index is 0.258. The average molecular weight is 387 g/mol. The highest BCUT2D eigenvalue weighted by Crippen LogP contribution is 2.22. The number of piperidine rings is 1. The third-order valence-corrected chi connectivity index (χ3v) is 5.15. The van der Waals surface area contributed by atoms with E-state index in [1.807, 2.05) is 43.3 Å². The summed E-state index contributed by atoms with van der Waals surface area (Å²) in [5.74, 6) is 0.325. The zero-order chi connectivity index (χ0) is 20.1. The van der Waals surface area contributed by atoms with Gasteiger partial charge in [0.05, 0.1) is 0 Å². The second-order valence-electron chi connectivity index (χ2n) is 7.28. The van der Waals surface area contributed by atoms with E-state index in [9.17, 15) is 4.79 Å². The van der Waals surface area contributed by atoms with E-state index < -0.39 is 0 Å². The van der Waals surface area contributed by atoms with E-state index in [2.05, 4.69) is 37.6 Å². The van der Waals surface area contributed by atoms with E-state index in [1.165, 1.54) is 31.3 Å². The van der Waals surface area contributed by atoms with E-state index in [0.717, 1.165) is 30.0 Å². The average Bonchev–Trinajstić information content (AvgIpc) is 2.77. The Kier molecular flexibility index (Phi) is 5.70. The molecule has 29 heavy (non-hydrogen) atoms. The van der Waals surface area contributed by atoms with Gasteiger partial charge in [-0.05, 0) is 62.1 Å². The molecule has 1 aromatic heterocycles. The standard InChI is InChI=1S/C23H25N5O/c1-17-7-3-4-8-20(17)27-22-15-21(24-16-25-22)23(29)26-18-9-11-19(12-10-18)28-13-5-2-6-14-28/h3-4,7-12,15-16H,2,5-6,13-14H2,1H3,(H,26,29)(H,24,25,27). The summed E-state index contributed by atoms with van der Waals surface area (Å²) in [6.07, 6.45) is 5.19. The molecule has 6 nitrogen and oxygen atoms in total. The van der Waals surface area contributed by atoms with Gasteiger partial charge in [0.2, 0.25) is 0 Å². The van der Waals surface area contributed by atoms with Crippen molar-refractivity contribution >= 4 is 28.8 Å². The van der Waals surface area contributed by atoms with Crippen LogP contribution in [0.4, 0.5) is 22.9 Å². The van der Waals surface area contributed by atoms with Crippen molar-refractivity contribution < 1.29 is 4.79 Å². The number of hydrogen-bond acceptors (Lipinski definition) is 5. The van der Waals surface area contributed by atoms with E-state index in [4.69, 9.17) is 0 Å². The number of aromatic nitrogens is 2. The molecule has 0 unspecified atom stereocenters. The van der Waals surface area contributed by atoms with Crippen molar-refractivity contribution in [2.75, 3.05) is 28.6 Å². The fraction of sp³-hybridized carbons (Fsp3) is 0.261. The number of amides is 1. The molecule has 1 aliphatic heterocycles. The number of aryl methyl sites for hydroxylation is 1. The highest BCUT2D eigenvalue weighted by Gasteiger charge is 2.12. The first kappa shape index (κ1) is 18.9. The minimum Gasteiger partial charge on any atom is -0.372 e. The highest BCUT2D eigenvalue weighted by molar-refractivity contribution is 6.03. The second-order valence-corrected chi connectivity index (χ2v) is 7.28. The van der Waals surface area contributed by atoms with Crippen LogP contribution in [-0.4, -0.2) is 29.0 Å². The van der Waals surface area contributed by atoms with Gasteiger partial charge in [-0.25, -0.2) is 9.97 Å². The Morgan fingerprint density at radius 1 is 0.966 bits per heavy atom. The molecule has 1 saturated heterocycles. The van der Waals surface area contributed by atoms with E-state index in [1.54, 1.807) is 6.07 Å². The molecule has 1 fully saturated rings. The molecule has 0 atom stereocenters. The number of benzene rings is 2. The van der Waals surface area contributed by atoms with Crippen LogP contribution in [0.15, 0.2) is 60.9 Å². The molecular formula is C23H25N5O. The van der Waals surface area contributed by atoms with Crippen LogP contribution < -0.4 is 15.5 Å². The normalized spacial score (nSPS) is 13.8. The number of carbonyl (C=O) groups is 1. The number of nitrogens with one attached hydrogen (secondary N) is 2. The lowest BCUT2D eigenvalue weighted by Gasteiger charge is -2.28. The number of hydrogen-bond donors (Lipinski definition) is 2. The first-order valence-electron chi connectivity index (χ1n) is 10.00. The van der Waals surface area contributed by atoms with Crippen LogP contribution in [0.1, 0.15) is 35.3 Å². The summed E-state index contributed by atoms with van der Waals surface area (Å²) in [5, 5.41) is 6.15. The summed E-state index contributed by atoms with van der Waals surface area (Å²) in [5.41, 5.74) is 4.32. The van der Waals surface area contributed by atoms with Crippen LogP contribution in [0.3, 0.4) is 0 Å². The van der Waals surface area contributed by atoms with Gasteiger partial charge in [0.1, 0.15) is 17.8 Å². The molecule has 2 heterocycles. The van der Waals surface area contributed by atoms with Crippen molar-refractivity contribution in [1.82, 2.24) is 9.97 Å². The number of anilines is 4. The van der Waals surface area contributed by atoms with Gasteiger partial charge in [-0.1, -0.05) is 18.2 Å². The molecule has 1 amide bonds. The topological polar surface area (TPSA) is 70.2 Å². The van der Waals surface area contributed by atoms with Crippen molar-refractivity contribution in [1.29, 1.82) is 0 Å². The SMILES string of the molecule is Cc1ccccc1Nc1cc(C(=O)Nc2ccc(N3CCCCC3)cc2)ncn1. The van der Waals surface area contributed by atoms with Gasteiger partial charge in [-0.15, -0.1) is 0 Å². The molecule has 0 radical (unpaired) electrons. The van der Waals surface area contributed by atoms with Crippen LogP contribution in [0.25, 0.3) is 0 Å². The Hall–Kier alpha value is -3.41. The maximum absolute atomic E-state index is 12.6. The second kappa shape index (κ2) is 8.73. The minimum atomic E-state index is -0.258. The zero-order valence-corrected chi connectivity index (χ0v) is 16.6. The number of para-hydroxylation sites is 1. The van der Waals surface area contributed by atoms with Gasteiger partial charge in [-0.2, -0.15) is 0 Å². The maximum Gasteiger partial charge on any atom is 0.274 e. The monoisotopic (exact) mass is 387 g/mol. The van der Waals surface area contributed by atoms with Crippen molar-refractivity contribution in [3.05, 3.63) is 72.2 Å². The third kappa shape index (κ3) is 4.71. The zero-order valence-electron chi connectivity index (χ0n) is 16.6. The molecule has 2 aromatic carbocycles. The summed E-state index contributed by atoms with van der Waals surface area (Å²) >= 11 is 0. The van der Waals surface area contributed by atoms with Crippen molar-refractivity contribution in [3.8, 4) is 0 Å². The Bertz CT molecular complexity index is 981. The van der Waals surface area contributed by atoms with E-state index in [0.29, 0.717) is 11.5 Å². The van der Waals surface area contributed by atoms with Crippen LogP contribution in [0.2, 0.25) is 0 Å². The molecule has 0 bridgehead atoms. The molecule has 0 aliphatic carbocycles. The van der Waals surface area contributed by atoms with Gasteiger partial charge in [-0.3, -0.25) is 4.79 Å². The van der Waals surface area contributed by atoms with Crippen LogP contribution >= 0.6 is 0 Å². The largest absolute Gasteiger partial charge is 0.372 e. The molecule has 148 valence electrons. The molecule has 4 rings (SSSR count). The van der Waals surface area contributed by atoms with Crippen molar-refractivity contribution in [2.45, 2.75) is 26.2 Å². The summed E-state index contributed by atoms with van der Waals surface area (Å²) < 4.78 is 0. The predicted octanol–water partition coefficient (Wildman–Crippen LogP) is 4.77. The highest BCUT2D eigenvalue weighted by atomic mass is 16.1. The van der Waals surface area contributed by atoms with Crippen LogP contribution in [0.5, 0.6) is 0 Å². The fourth-order valence-electron chi connectivity index (χ4n) is 3.50. The van der Waals surface area contributed by atoms with E-state index in [-0.39, 0.29) is 5.91 Å². The molecule has 0 saturated carbocycles. The van der Waals surface area contributed by atoms with Crippen molar-refractivity contribution in [3.63, 3.8) is 0 Å². The van der Waals surface area contributed by atoms with Gasteiger partial charge >= 0.3 is 0 Å². The summed E-state index contributed by atoms with van der Waals surface area (Å²) in [7, 11) is 0. The summed E-state index contributed by atoms with van der Waals surface area (Å²) in [4.78, 5) is 23.4. The Balaban J connectivity index is 1.42. The van der Waals surface area contributed by atoms with Crippen LogP contribution in [0, 0.1) is 6.92 Å². The number of carbonyl (C=O) groups excluding carboxylic acids is 1. The molecule has 3 aromatic rings. The lowest BCUT2D eigenvalue weighted by molar-refractivity contribution is 0.102. The quantitative estimate of drug-likeness (QED) is 0.660. The van der Waals surface area contributed by atoms with Gasteiger partial charge in [0.15, 0.2) is 0 Å². The fourth-order valence-corrected chi connectivity index (χ4v) is 3.50. The third-order valence-electron chi connectivity index (χ3n) is 5.15. The number of rotatable bonds is 5. The molecule has 2 N–H and O–H groups in total. The number of nitrogens with zero attached hydrogens (tertiary/aromatic N) is 3. The van der Waals surface area contributed by atoms with Gasteiger partial charge < -0.3 is 15.5 Å². The molecular weight excluding hydrogens is 362 g/mol. The Morgan fingerprint density at radius 2 is 1.72 bits per heavy atom. The smallest absolute Gasteiger partial charge is 0.274 e. The lowest BCUT2D eigenvalue weighted by atomic mass is 10.1. The van der Waals surface area contributed by atoms with Crippen molar-refractivity contribution in [2.24, 2.45) is 0 Å². The maximum atomic E-state index is 12.6. The Labute approximate surface area is 171 Å².